The molecule has 0 radical (unpaired) electrons. The second-order valence-corrected chi connectivity index (χ2v) is 5.89. The van der Waals surface area contributed by atoms with Crippen molar-refractivity contribution in [3.63, 3.8) is 0 Å². The van der Waals surface area contributed by atoms with Gasteiger partial charge in [-0.2, -0.15) is 0 Å². The smallest absolute Gasteiger partial charge is 0.118 e. The molecule has 0 aliphatic carbocycles. The Bertz CT molecular complexity index is 404. The molecule has 1 saturated heterocycles. The highest BCUT2D eigenvalue weighted by atomic mass is 16.5. The van der Waals surface area contributed by atoms with Crippen LogP contribution in [0.25, 0.3) is 0 Å². The van der Waals surface area contributed by atoms with Gasteiger partial charge in [-0.05, 0) is 38.0 Å². The van der Waals surface area contributed by atoms with Gasteiger partial charge >= 0.3 is 0 Å². The molecule has 3 atom stereocenters. The van der Waals surface area contributed by atoms with Crippen LogP contribution in [0.3, 0.4) is 0 Å². The van der Waals surface area contributed by atoms with E-state index in [4.69, 9.17) is 4.74 Å². The average molecular weight is 276 g/mol. The van der Waals surface area contributed by atoms with Crippen molar-refractivity contribution >= 4 is 0 Å². The number of ether oxygens (including phenoxy) is 1. The summed E-state index contributed by atoms with van der Waals surface area (Å²) in [5.74, 6) is 0.929. The van der Waals surface area contributed by atoms with Gasteiger partial charge in [-0.15, -0.1) is 0 Å². The van der Waals surface area contributed by atoms with Gasteiger partial charge < -0.3 is 10.1 Å². The van der Waals surface area contributed by atoms with E-state index in [1.165, 1.54) is 18.4 Å². The molecule has 0 aromatic heterocycles. The molecule has 3 unspecified atom stereocenters. The number of rotatable bonds is 5. The lowest BCUT2D eigenvalue weighted by atomic mass is 10.00. The number of methoxy groups -OCH3 is 1. The summed E-state index contributed by atoms with van der Waals surface area (Å²) in [5.41, 5.74) is 1.37. The van der Waals surface area contributed by atoms with Crippen LogP contribution in [0.2, 0.25) is 0 Å². The summed E-state index contributed by atoms with van der Waals surface area (Å²) >= 11 is 0. The Morgan fingerprint density at radius 1 is 1.35 bits per heavy atom. The Balaban J connectivity index is 2.06. The van der Waals surface area contributed by atoms with Crippen LogP contribution in [0, 0.1) is 0 Å². The van der Waals surface area contributed by atoms with Gasteiger partial charge in [-0.25, -0.2) is 0 Å². The highest BCUT2D eigenvalue weighted by molar-refractivity contribution is 5.29. The standard InChI is InChI=1S/C17H28N2O/c1-5-6-16-12-19(13(2)11-18-16)14(3)15-7-9-17(20-4)10-8-15/h7-10,13-14,16,18H,5-6,11-12H2,1-4H3. The summed E-state index contributed by atoms with van der Waals surface area (Å²) in [5, 5.41) is 3.66. The van der Waals surface area contributed by atoms with Gasteiger partial charge in [0, 0.05) is 31.2 Å². The summed E-state index contributed by atoms with van der Waals surface area (Å²) < 4.78 is 5.24. The molecule has 3 nitrogen and oxygen atoms in total. The van der Waals surface area contributed by atoms with E-state index >= 15 is 0 Å². The lowest BCUT2D eigenvalue weighted by molar-refractivity contribution is 0.0959. The average Bonchev–Trinajstić information content (AvgIpc) is 2.49. The number of hydrogen-bond donors (Lipinski definition) is 1. The summed E-state index contributed by atoms with van der Waals surface area (Å²) in [6.07, 6.45) is 2.51. The van der Waals surface area contributed by atoms with Crippen molar-refractivity contribution in [2.24, 2.45) is 0 Å². The van der Waals surface area contributed by atoms with E-state index in [-0.39, 0.29) is 0 Å². The molecule has 0 saturated carbocycles. The van der Waals surface area contributed by atoms with E-state index in [1.54, 1.807) is 7.11 Å². The summed E-state index contributed by atoms with van der Waals surface area (Å²) in [7, 11) is 1.71. The van der Waals surface area contributed by atoms with E-state index < -0.39 is 0 Å². The number of piperazine rings is 1. The van der Waals surface area contributed by atoms with Gasteiger partial charge in [0.1, 0.15) is 5.75 Å². The first kappa shape index (κ1) is 15.3. The maximum atomic E-state index is 5.24. The normalized spacial score (nSPS) is 25.4. The molecule has 3 heteroatoms. The minimum Gasteiger partial charge on any atom is -0.497 e. The Labute approximate surface area is 123 Å². The van der Waals surface area contributed by atoms with Crippen LogP contribution in [-0.4, -0.2) is 37.2 Å². The van der Waals surface area contributed by atoms with Gasteiger partial charge in [0.15, 0.2) is 0 Å². The van der Waals surface area contributed by atoms with E-state index in [2.05, 4.69) is 55.3 Å². The minimum atomic E-state index is 0.456. The highest BCUT2D eigenvalue weighted by Gasteiger charge is 2.28. The topological polar surface area (TPSA) is 24.5 Å². The fourth-order valence-electron chi connectivity index (χ4n) is 3.11. The van der Waals surface area contributed by atoms with Crippen LogP contribution in [-0.2, 0) is 0 Å². The fraction of sp³-hybridized carbons (Fsp3) is 0.647. The molecule has 112 valence electrons. The molecule has 1 aliphatic heterocycles. The SMILES string of the molecule is CCCC1CN(C(C)c2ccc(OC)cc2)C(C)CN1. The van der Waals surface area contributed by atoms with Crippen molar-refractivity contribution in [3.8, 4) is 5.75 Å². The Hall–Kier alpha value is -1.06. The number of nitrogens with zero attached hydrogens (tertiary/aromatic N) is 1. The molecule has 0 spiro atoms. The van der Waals surface area contributed by atoms with E-state index in [9.17, 15) is 0 Å². The second kappa shape index (κ2) is 7.09. The Kier molecular flexibility index (Phi) is 5.44. The van der Waals surface area contributed by atoms with E-state index in [0.29, 0.717) is 18.1 Å². The Morgan fingerprint density at radius 3 is 2.65 bits per heavy atom. The lowest BCUT2D eigenvalue weighted by Crippen LogP contribution is -2.55. The van der Waals surface area contributed by atoms with E-state index in [0.717, 1.165) is 18.8 Å². The first-order valence-electron chi connectivity index (χ1n) is 7.78. The highest BCUT2D eigenvalue weighted by Crippen LogP contribution is 2.26. The predicted molar refractivity (Wildman–Crippen MR) is 84.3 cm³/mol. The number of hydrogen-bond acceptors (Lipinski definition) is 3. The molecule has 1 aromatic rings. The third kappa shape index (κ3) is 3.53. The fourth-order valence-corrected chi connectivity index (χ4v) is 3.11. The van der Waals surface area contributed by atoms with Crippen molar-refractivity contribution in [2.45, 2.75) is 51.7 Å². The van der Waals surface area contributed by atoms with Crippen molar-refractivity contribution in [1.29, 1.82) is 0 Å². The summed E-state index contributed by atoms with van der Waals surface area (Å²) in [4.78, 5) is 2.62. The zero-order chi connectivity index (χ0) is 14.5. The van der Waals surface area contributed by atoms with Gasteiger partial charge in [0.05, 0.1) is 7.11 Å². The maximum Gasteiger partial charge on any atom is 0.118 e. The van der Waals surface area contributed by atoms with Gasteiger partial charge in [0.25, 0.3) is 0 Å². The maximum absolute atomic E-state index is 5.24. The number of benzene rings is 1. The van der Waals surface area contributed by atoms with Gasteiger partial charge in [0.2, 0.25) is 0 Å². The first-order chi connectivity index (χ1) is 9.65. The van der Waals surface area contributed by atoms with Crippen LogP contribution in [0.4, 0.5) is 0 Å². The summed E-state index contributed by atoms with van der Waals surface area (Å²) in [6.45, 7) is 9.12. The van der Waals surface area contributed by atoms with Crippen LogP contribution >= 0.6 is 0 Å². The molecule has 20 heavy (non-hydrogen) atoms. The lowest BCUT2D eigenvalue weighted by Gasteiger charge is -2.42. The van der Waals surface area contributed by atoms with Crippen molar-refractivity contribution < 1.29 is 4.74 Å². The molecule has 0 amide bonds. The zero-order valence-electron chi connectivity index (χ0n) is 13.2. The molecule has 1 heterocycles. The second-order valence-electron chi connectivity index (χ2n) is 5.89. The van der Waals surface area contributed by atoms with Crippen molar-refractivity contribution in [3.05, 3.63) is 29.8 Å². The van der Waals surface area contributed by atoms with Crippen LogP contribution in [0.5, 0.6) is 5.75 Å². The van der Waals surface area contributed by atoms with Crippen LogP contribution < -0.4 is 10.1 Å². The first-order valence-corrected chi connectivity index (χ1v) is 7.78. The quantitative estimate of drug-likeness (QED) is 0.893. The molecule has 1 aliphatic rings. The van der Waals surface area contributed by atoms with Crippen molar-refractivity contribution in [2.75, 3.05) is 20.2 Å². The molecule has 1 fully saturated rings. The largest absolute Gasteiger partial charge is 0.497 e. The molecular weight excluding hydrogens is 248 g/mol. The molecular formula is C17H28N2O. The molecule has 1 N–H and O–H groups in total. The summed E-state index contributed by atoms with van der Waals surface area (Å²) in [6, 6.07) is 10.2. The van der Waals surface area contributed by atoms with Crippen molar-refractivity contribution in [1.82, 2.24) is 10.2 Å². The van der Waals surface area contributed by atoms with Gasteiger partial charge in [-0.1, -0.05) is 25.5 Å². The monoisotopic (exact) mass is 276 g/mol. The van der Waals surface area contributed by atoms with Crippen LogP contribution in [0.1, 0.15) is 45.2 Å². The van der Waals surface area contributed by atoms with E-state index in [1.807, 2.05) is 0 Å². The van der Waals surface area contributed by atoms with Crippen LogP contribution in [0.15, 0.2) is 24.3 Å². The third-order valence-electron chi connectivity index (χ3n) is 4.43. The third-order valence-corrected chi connectivity index (χ3v) is 4.43. The Morgan fingerprint density at radius 2 is 2.05 bits per heavy atom. The molecule has 0 bridgehead atoms. The molecule has 2 rings (SSSR count). The van der Waals surface area contributed by atoms with Gasteiger partial charge in [-0.3, -0.25) is 4.90 Å². The zero-order valence-corrected chi connectivity index (χ0v) is 13.2. The minimum absolute atomic E-state index is 0.456. The predicted octanol–water partition coefficient (Wildman–Crippen LogP) is 3.22. The molecule has 1 aromatic carbocycles. The number of nitrogens with one attached hydrogen (secondary N) is 1.